The van der Waals surface area contributed by atoms with Crippen molar-refractivity contribution < 1.29 is 17.4 Å². The molecule has 0 amide bonds. The molecule has 3 nitrogen and oxygen atoms in total. The van der Waals surface area contributed by atoms with E-state index in [1.807, 2.05) is 0 Å². The van der Waals surface area contributed by atoms with Crippen LogP contribution in [0.1, 0.15) is 55.7 Å². The fourth-order valence-corrected chi connectivity index (χ4v) is 6.70. The molecule has 1 aliphatic carbocycles. The normalized spacial score (nSPS) is 30.3. The number of hydrogen-bond acceptors (Lipinski definition) is 3. The molecule has 144 valence electrons. The van der Waals surface area contributed by atoms with Crippen LogP contribution >= 0.6 is 0 Å². The van der Waals surface area contributed by atoms with Crippen LogP contribution in [0.3, 0.4) is 0 Å². The zero-order valence-electron chi connectivity index (χ0n) is 14.8. The first-order valence-corrected chi connectivity index (χ1v) is 11.0. The molecule has 26 heavy (non-hydrogen) atoms. The Balaban J connectivity index is 1.28. The van der Waals surface area contributed by atoms with Gasteiger partial charge in [0.25, 0.3) is 0 Å². The second-order valence-electron chi connectivity index (χ2n) is 8.24. The highest BCUT2D eigenvalue weighted by Gasteiger charge is 2.45. The Morgan fingerprint density at radius 3 is 2.23 bits per heavy atom. The maximum absolute atomic E-state index is 12.7. The van der Waals surface area contributed by atoms with Crippen molar-refractivity contribution in [3.8, 4) is 0 Å². The molecule has 0 aromatic carbocycles. The molecule has 0 N–H and O–H groups in total. The first-order chi connectivity index (χ1) is 12.3. The number of aromatic nitrogens is 1. The van der Waals surface area contributed by atoms with Gasteiger partial charge in [-0.05, 0) is 69.2 Å². The molecule has 1 aromatic heterocycles. The van der Waals surface area contributed by atoms with Crippen molar-refractivity contribution in [3.05, 3.63) is 29.6 Å². The molecule has 0 unspecified atom stereocenters. The Morgan fingerprint density at radius 1 is 1.08 bits per heavy atom. The summed E-state index contributed by atoms with van der Waals surface area (Å²) in [4.78, 5) is 6.67. The number of alkyl halides is 3. The second-order valence-corrected chi connectivity index (χ2v) is 9.70. The maximum Gasteiger partial charge on any atom is 0.417 e. The van der Waals surface area contributed by atoms with Gasteiger partial charge in [-0.15, -0.1) is 0 Å². The zero-order valence-corrected chi connectivity index (χ0v) is 15.6. The van der Waals surface area contributed by atoms with Crippen molar-refractivity contribution in [1.82, 2.24) is 9.88 Å². The highest BCUT2D eigenvalue weighted by Crippen LogP contribution is 2.42. The van der Waals surface area contributed by atoms with Crippen LogP contribution in [0.2, 0.25) is 0 Å². The Hall–Kier alpha value is -0.950. The first-order valence-electron chi connectivity index (χ1n) is 9.47. The van der Waals surface area contributed by atoms with Crippen LogP contribution in [0.25, 0.3) is 0 Å². The van der Waals surface area contributed by atoms with E-state index in [9.17, 15) is 17.4 Å². The van der Waals surface area contributed by atoms with E-state index in [2.05, 4.69) is 9.88 Å². The van der Waals surface area contributed by atoms with Crippen LogP contribution in [-0.2, 0) is 17.0 Å². The van der Waals surface area contributed by atoms with E-state index in [4.69, 9.17) is 0 Å². The molecule has 3 aliphatic rings. The number of nitrogens with zero attached hydrogens (tertiary/aromatic N) is 2. The fraction of sp³-hybridized carbons (Fsp3) is 0.737. The largest absolute Gasteiger partial charge is 0.417 e. The third kappa shape index (κ3) is 3.70. The highest BCUT2D eigenvalue weighted by molar-refractivity contribution is 7.86. The topological polar surface area (TPSA) is 33.2 Å². The Morgan fingerprint density at radius 2 is 1.73 bits per heavy atom. The van der Waals surface area contributed by atoms with Crippen molar-refractivity contribution in [2.75, 3.05) is 24.6 Å². The average molecular weight is 386 g/mol. The Bertz CT molecular complexity index is 650. The summed E-state index contributed by atoms with van der Waals surface area (Å²) in [6.07, 6.45) is 3.15. The van der Waals surface area contributed by atoms with Crippen LogP contribution in [0.4, 0.5) is 13.2 Å². The number of piperidine rings is 1. The maximum atomic E-state index is 12.7. The quantitative estimate of drug-likeness (QED) is 0.771. The third-order valence-corrected chi connectivity index (χ3v) is 8.41. The predicted molar refractivity (Wildman–Crippen MR) is 95.4 cm³/mol. The summed E-state index contributed by atoms with van der Waals surface area (Å²) >= 11 is 0. The van der Waals surface area contributed by atoms with Gasteiger partial charge in [0.05, 0.1) is 5.56 Å². The van der Waals surface area contributed by atoms with Crippen molar-refractivity contribution >= 4 is 10.8 Å². The number of rotatable bonds is 2. The Kier molecular flexibility index (Phi) is 4.88. The summed E-state index contributed by atoms with van der Waals surface area (Å²) in [6.45, 7) is 2.20. The molecule has 0 atom stereocenters. The fourth-order valence-electron chi connectivity index (χ4n) is 4.84. The van der Waals surface area contributed by atoms with E-state index in [1.54, 1.807) is 6.07 Å². The van der Waals surface area contributed by atoms with Gasteiger partial charge in [-0.1, -0.05) is 0 Å². The SMILES string of the molecule is O=S1CC2(CCN(C3CCC(c4ccc(C(F)(F)F)cn4)CC3)CC2)C1. The molecule has 3 heterocycles. The number of hydrogen-bond donors (Lipinski definition) is 0. The molecule has 1 aromatic rings. The lowest BCUT2D eigenvalue weighted by molar-refractivity contribution is -0.137. The summed E-state index contributed by atoms with van der Waals surface area (Å²) in [6, 6.07) is 3.29. The van der Waals surface area contributed by atoms with Gasteiger partial charge in [0.15, 0.2) is 0 Å². The standard InChI is InChI=1S/C19H25F3N2OS/c20-19(21,22)15-3-6-17(23-11-15)14-1-4-16(5-2-14)24-9-7-18(8-10-24)12-26(25)13-18/h3,6,11,14,16H,1-2,4-5,7-10,12-13H2. The lowest BCUT2D eigenvalue weighted by atomic mass is 9.78. The lowest BCUT2D eigenvalue weighted by Crippen LogP contribution is -2.54. The van der Waals surface area contributed by atoms with Crippen LogP contribution < -0.4 is 0 Å². The summed E-state index contributed by atoms with van der Waals surface area (Å²) in [7, 11) is -0.574. The molecule has 3 fully saturated rings. The molecule has 1 spiro atoms. The zero-order chi connectivity index (χ0) is 18.4. The molecule has 7 heteroatoms. The third-order valence-electron chi connectivity index (χ3n) is 6.54. The van der Waals surface area contributed by atoms with Gasteiger partial charge in [-0.25, -0.2) is 0 Å². The minimum atomic E-state index is -4.32. The number of likely N-dealkylation sites (tertiary alicyclic amines) is 1. The minimum absolute atomic E-state index is 0.277. The van der Waals surface area contributed by atoms with E-state index in [1.165, 1.54) is 12.8 Å². The molecule has 2 saturated heterocycles. The second kappa shape index (κ2) is 6.89. The van der Waals surface area contributed by atoms with Crippen LogP contribution in [-0.4, -0.2) is 44.7 Å². The van der Waals surface area contributed by atoms with E-state index in [0.29, 0.717) is 11.5 Å². The summed E-state index contributed by atoms with van der Waals surface area (Å²) in [5, 5.41) is 0. The van der Waals surface area contributed by atoms with E-state index in [0.717, 1.165) is 68.2 Å². The van der Waals surface area contributed by atoms with Crippen molar-refractivity contribution in [3.63, 3.8) is 0 Å². The van der Waals surface area contributed by atoms with E-state index >= 15 is 0 Å². The van der Waals surface area contributed by atoms with Crippen molar-refractivity contribution in [1.29, 1.82) is 0 Å². The summed E-state index contributed by atoms with van der Waals surface area (Å²) in [5.74, 6) is 2.07. The Labute approximate surface area is 154 Å². The number of pyridine rings is 1. The molecule has 0 bridgehead atoms. The summed E-state index contributed by atoms with van der Waals surface area (Å²) < 4.78 is 49.4. The average Bonchev–Trinajstić information content (AvgIpc) is 2.61. The lowest BCUT2D eigenvalue weighted by Gasteiger charge is -2.49. The van der Waals surface area contributed by atoms with Gasteiger partial charge in [0, 0.05) is 46.2 Å². The molecule has 2 aliphatic heterocycles. The number of halogens is 3. The monoisotopic (exact) mass is 386 g/mol. The van der Waals surface area contributed by atoms with Crippen LogP contribution in [0.15, 0.2) is 18.3 Å². The van der Waals surface area contributed by atoms with Crippen molar-refractivity contribution in [2.45, 2.75) is 56.7 Å². The molecule has 0 radical (unpaired) electrons. The van der Waals surface area contributed by atoms with Gasteiger partial charge >= 0.3 is 6.18 Å². The molecule has 4 rings (SSSR count). The van der Waals surface area contributed by atoms with Gasteiger partial charge in [-0.3, -0.25) is 9.19 Å². The van der Waals surface area contributed by atoms with Crippen molar-refractivity contribution in [2.24, 2.45) is 5.41 Å². The smallest absolute Gasteiger partial charge is 0.300 e. The minimum Gasteiger partial charge on any atom is -0.300 e. The molecule has 1 saturated carbocycles. The van der Waals surface area contributed by atoms with E-state index in [-0.39, 0.29) is 5.92 Å². The molecular weight excluding hydrogens is 361 g/mol. The highest BCUT2D eigenvalue weighted by atomic mass is 32.2. The predicted octanol–water partition coefficient (Wildman–Crippen LogP) is 3.97. The van der Waals surface area contributed by atoms with Crippen LogP contribution in [0.5, 0.6) is 0 Å². The van der Waals surface area contributed by atoms with Gasteiger partial charge in [0.1, 0.15) is 0 Å². The van der Waals surface area contributed by atoms with Crippen LogP contribution in [0, 0.1) is 5.41 Å². The van der Waals surface area contributed by atoms with Gasteiger partial charge in [-0.2, -0.15) is 13.2 Å². The van der Waals surface area contributed by atoms with E-state index < -0.39 is 22.5 Å². The van der Waals surface area contributed by atoms with Gasteiger partial charge in [0.2, 0.25) is 0 Å². The molecular formula is C19H25F3N2OS. The first kappa shape index (κ1) is 18.4. The van der Waals surface area contributed by atoms with Gasteiger partial charge < -0.3 is 4.90 Å². The summed E-state index contributed by atoms with van der Waals surface area (Å²) in [5.41, 5.74) is 0.489.